The smallest absolute Gasteiger partial charge is 0.212 e. The number of benzene rings is 2. The van der Waals surface area contributed by atoms with E-state index in [0.717, 1.165) is 11.0 Å². The van der Waals surface area contributed by atoms with E-state index in [9.17, 15) is 5.11 Å². The summed E-state index contributed by atoms with van der Waals surface area (Å²) < 4.78 is 1.93. The van der Waals surface area contributed by atoms with E-state index < -0.39 is 6.17 Å². The Bertz CT molecular complexity index is 867. The molecular weight excluding hydrogens is 266 g/mol. The molecule has 4 rings (SSSR count). The molecule has 1 atom stereocenters. The van der Waals surface area contributed by atoms with Crippen molar-refractivity contribution in [2.75, 3.05) is 5.32 Å². The van der Waals surface area contributed by atoms with E-state index in [-0.39, 0.29) is 11.7 Å². The summed E-state index contributed by atoms with van der Waals surface area (Å²) in [6, 6.07) is 14.9. The van der Waals surface area contributed by atoms with Crippen LogP contribution >= 0.6 is 0 Å². The third-order valence-corrected chi connectivity index (χ3v) is 3.56. The maximum absolute atomic E-state index is 10.1. The summed E-state index contributed by atoms with van der Waals surface area (Å²) in [5.41, 5.74) is 8.33. The average molecular weight is 279 g/mol. The molecule has 0 saturated carbocycles. The quantitative estimate of drug-likeness (QED) is 0.636. The standard InChI is InChI=1S/C15H13N5O/c16-14-18-13(9-5-1-4-8-12(9)21)20-11-7-3-2-6-10(11)17-15(20)19-14/h1-8,13,21H,(H3,16,17,18,19). The number of anilines is 1. The topological polar surface area (TPSA) is 88.5 Å². The van der Waals surface area contributed by atoms with Gasteiger partial charge in [0, 0.05) is 5.56 Å². The molecular formula is C15H13N5O. The fraction of sp³-hybridized carbons (Fsp3) is 0.0667. The van der Waals surface area contributed by atoms with Crippen molar-refractivity contribution in [3.05, 3.63) is 54.1 Å². The lowest BCUT2D eigenvalue weighted by Crippen LogP contribution is -2.31. The average Bonchev–Trinajstić information content (AvgIpc) is 2.85. The van der Waals surface area contributed by atoms with Crippen molar-refractivity contribution in [1.29, 1.82) is 0 Å². The number of nitrogens with zero attached hydrogens (tertiary/aromatic N) is 3. The van der Waals surface area contributed by atoms with Gasteiger partial charge in [-0.05, 0) is 18.2 Å². The number of fused-ring (bicyclic) bond motifs is 3. The Balaban J connectivity index is 2.00. The highest BCUT2D eigenvalue weighted by atomic mass is 16.3. The molecule has 1 aliphatic heterocycles. The van der Waals surface area contributed by atoms with E-state index >= 15 is 0 Å². The molecule has 0 aliphatic carbocycles. The van der Waals surface area contributed by atoms with Gasteiger partial charge in [-0.2, -0.15) is 0 Å². The van der Waals surface area contributed by atoms with E-state index in [1.807, 2.05) is 41.0 Å². The molecule has 1 aromatic heterocycles. The third kappa shape index (κ3) is 1.73. The van der Waals surface area contributed by atoms with Crippen molar-refractivity contribution in [3.63, 3.8) is 0 Å². The molecule has 2 aromatic carbocycles. The van der Waals surface area contributed by atoms with Gasteiger partial charge in [0.25, 0.3) is 0 Å². The summed E-state index contributed by atoms with van der Waals surface area (Å²) in [5, 5.41) is 13.1. The Labute approximate surface area is 120 Å². The maximum Gasteiger partial charge on any atom is 0.212 e. The Kier molecular flexibility index (Phi) is 2.38. The van der Waals surface area contributed by atoms with E-state index in [4.69, 9.17) is 5.73 Å². The normalized spacial score (nSPS) is 17.1. The van der Waals surface area contributed by atoms with E-state index in [0.29, 0.717) is 11.5 Å². The molecule has 3 aromatic rings. The number of phenols is 1. The predicted octanol–water partition coefficient (Wildman–Crippen LogP) is 2.03. The molecule has 0 spiro atoms. The number of nitrogens with one attached hydrogen (secondary N) is 1. The van der Waals surface area contributed by atoms with Crippen molar-refractivity contribution < 1.29 is 5.11 Å². The van der Waals surface area contributed by atoms with Crippen LogP contribution in [0.2, 0.25) is 0 Å². The minimum atomic E-state index is -0.435. The van der Waals surface area contributed by atoms with Gasteiger partial charge in [-0.3, -0.25) is 9.88 Å². The molecule has 4 N–H and O–H groups in total. The van der Waals surface area contributed by atoms with Crippen molar-refractivity contribution in [1.82, 2.24) is 9.55 Å². The second-order valence-electron chi connectivity index (χ2n) is 4.87. The van der Waals surface area contributed by atoms with E-state index in [1.54, 1.807) is 12.1 Å². The molecule has 21 heavy (non-hydrogen) atoms. The van der Waals surface area contributed by atoms with Gasteiger partial charge in [0.05, 0.1) is 11.0 Å². The number of hydrogen-bond acceptors (Lipinski definition) is 5. The van der Waals surface area contributed by atoms with Crippen LogP contribution in [0.5, 0.6) is 5.75 Å². The minimum absolute atomic E-state index is 0.185. The number of aromatic hydroxyl groups is 1. The summed E-state index contributed by atoms with van der Waals surface area (Å²) in [5.74, 6) is 1.09. The van der Waals surface area contributed by atoms with Gasteiger partial charge in [0.1, 0.15) is 5.75 Å². The largest absolute Gasteiger partial charge is 0.508 e. The molecule has 1 aliphatic rings. The molecule has 1 unspecified atom stereocenters. The first-order chi connectivity index (χ1) is 10.2. The number of aromatic nitrogens is 2. The monoisotopic (exact) mass is 279 g/mol. The Morgan fingerprint density at radius 2 is 1.86 bits per heavy atom. The Morgan fingerprint density at radius 1 is 1.10 bits per heavy atom. The van der Waals surface area contributed by atoms with Crippen LogP contribution in [-0.2, 0) is 0 Å². The lowest BCUT2D eigenvalue weighted by atomic mass is 10.1. The number of para-hydroxylation sites is 3. The Morgan fingerprint density at radius 3 is 2.71 bits per heavy atom. The first kappa shape index (κ1) is 11.8. The van der Waals surface area contributed by atoms with Crippen LogP contribution in [0.3, 0.4) is 0 Å². The van der Waals surface area contributed by atoms with E-state index in [1.165, 1.54) is 0 Å². The first-order valence-corrected chi connectivity index (χ1v) is 6.59. The molecule has 0 saturated heterocycles. The lowest BCUT2D eigenvalue weighted by molar-refractivity contribution is 0.456. The lowest BCUT2D eigenvalue weighted by Gasteiger charge is -2.24. The zero-order chi connectivity index (χ0) is 14.4. The number of phenolic OH excluding ortho intramolecular Hbond substituents is 1. The number of nitrogens with two attached hydrogens (primary N) is 1. The van der Waals surface area contributed by atoms with Crippen LogP contribution in [0.15, 0.2) is 53.5 Å². The minimum Gasteiger partial charge on any atom is -0.508 e. The van der Waals surface area contributed by atoms with Crippen LogP contribution in [0, 0.1) is 0 Å². The van der Waals surface area contributed by atoms with Gasteiger partial charge < -0.3 is 10.8 Å². The highest BCUT2D eigenvalue weighted by Crippen LogP contribution is 2.35. The van der Waals surface area contributed by atoms with Crippen LogP contribution in [0.1, 0.15) is 11.7 Å². The number of rotatable bonds is 1. The summed E-state index contributed by atoms with van der Waals surface area (Å²) in [4.78, 5) is 8.94. The highest BCUT2D eigenvalue weighted by Gasteiger charge is 2.26. The second kappa shape index (κ2) is 4.24. The summed E-state index contributed by atoms with van der Waals surface area (Å²) in [7, 11) is 0. The number of imidazole rings is 1. The van der Waals surface area contributed by atoms with Crippen molar-refractivity contribution in [2.24, 2.45) is 10.7 Å². The second-order valence-corrected chi connectivity index (χ2v) is 4.87. The van der Waals surface area contributed by atoms with Gasteiger partial charge in [0.15, 0.2) is 12.1 Å². The number of guanidine groups is 1. The van der Waals surface area contributed by atoms with E-state index in [2.05, 4.69) is 15.3 Å². The van der Waals surface area contributed by atoms with Gasteiger partial charge in [-0.1, -0.05) is 30.3 Å². The summed E-state index contributed by atoms with van der Waals surface area (Å²) >= 11 is 0. The van der Waals surface area contributed by atoms with Crippen LogP contribution in [-0.4, -0.2) is 20.6 Å². The van der Waals surface area contributed by atoms with Crippen molar-refractivity contribution in [3.8, 4) is 5.75 Å². The Hall–Kier alpha value is -3.02. The first-order valence-electron chi connectivity index (χ1n) is 6.59. The van der Waals surface area contributed by atoms with Crippen molar-refractivity contribution >= 4 is 22.9 Å². The third-order valence-electron chi connectivity index (χ3n) is 3.56. The summed E-state index contributed by atoms with van der Waals surface area (Å²) in [6.07, 6.45) is -0.435. The SMILES string of the molecule is NC1=NC(c2ccccc2O)n2c(nc3ccccc32)N1. The molecule has 0 bridgehead atoms. The maximum atomic E-state index is 10.1. The fourth-order valence-corrected chi connectivity index (χ4v) is 2.63. The van der Waals surface area contributed by atoms with Crippen molar-refractivity contribution in [2.45, 2.75) is 6.17 Å². The molecule has 0 fully saturated rings. The van der Waals surface area contributed by atoms with Gasteiger partial charge in [-0.15, -0.1) is 0 Å². The highest BCUT2D eigenvalue weighted by molar-refractivity contribution is 5.94. The zero-order valence-corrected chi connectivity index (χ0v) is 11.1. The molecule has 6 heteroatoms. The molecule has 0 radical (unpaired) electrons. The predicted molar refractivity (Wildman–Crippen MR) is 81.2 cm³/mol. The van der Waals surface area contributed by atoms with Gasteiger partial charge in [0.2, 0.25) is 5.95 Å². The summed E-state index contributed by atoms with van der Waals surface area (Å²) in [6.45, 7) is 0. The molecule has 6 nitrogen and oxygen atoms in total. The zero-order valence-electron chi connectivity index (χ0n) is 11.1. The number of hydrogen-bond donors (Lipinski definition) is 3. The fourth-order valence-electron chi connectivity index (χ4n) is 2.63. The van der Waals surface area contributed by atoms with Crippen LogP contribution in [0.4, 0.5) is 5.95 Å². The van der Waals surface area contributed by atoms with Gasteiger partial charge in [-0.25, -0.2) is 9.98 Å². The molecule has 0 amide bonds. The molecule has 2 heterocycles. The van der Waals surface area contributed by atoms with Crippen LogP contribution in [0.25, 0.3) is 11.0 Å². The molecule has 104 valence electrons. The van der Waals surface area contributed by atoms with Gasteiger partial charge >= 0.3 is 0 Å². The number of aliphatic imine (C=N–C) groups is 1. The van der Waals surface area contributed by atoms with Crippen LogP contribution < -0.4 is 11.1 Å².